The molecule has 2 aromatic heterocycles. The van der Waals surface area contributed by atoms with E-state index in [4.69, 9.17) is 8.83 Å². The normalized spacial score (nSPS) is 13.0. The summed E-state index contributed by atoms with van der Waals surface area (Å²) in [4.78, 5) is 13.6. The predicted octanol–water partition coefficient (Wildman–Crippen LogP) is 2.10. The lowest BCUT2D eigenvalue weighted by atomic mass is 10.1. The SMILES string of the molecule is Cc1ccc(C(O)c2ccc3[nH]c(=O)oc3c2)o1. The maximum Gasteiger partial charge on any atom is 0.417 e. The minimum Gasteiger partial charge on any atom is -0.463 e. The average Bonchev–Trinajstić information content (AvgIpc) is 2.92. The fraction of sp³-hybridized carbons (Fsp3) is 0.154. The molecule has 0 spiro atoms. The highest BCUT2D eigenvalue weighted by Gasteiger charge is 2.15. The number of H-pyrrole nitrogens is 1. The number of aliphatic hydroxyl groups excluding tert-OH is 1. The Balaban J connectivity index is 2.05. The van der Waals surface area contributed by atoms with Gasteiger partial charge in [0.2, 0.25) is 0 Å². The number of aromatic amines is 1. The first-order valence-corrected chi connectivity index (χ1v) is 5.50. The summed E-state index contributed by atoms with van der Waals surface area (Å²) in [6, 6.07) is 8.53. The van der Waals surface area contributed by atoms with Crippen molar-refractivity contribution in [2.75, 3.05) is 0 Å². The van der Waals surface area contributed by atoms with Gasteiger partial charge in [0.1, 0.15) is 17.6 Å². The Morgan fingerprint density at radius 2 is 2.06 bits per heavy atom. The van der Waals surface area contributed by atoms with Crippen LogP contribution in [0.1, 0.15) is 23.2 Å². The first kappa shape index (κ1) is 10.9. The van der Waals surface area contributed by atoms with Gasteiger partial charge >= 0.3 is 5.76 Å². The molecule has 18 heavy (non-hydrogen) atoms. The van der Waals surface area contributed by atoms with Gasteiger partial charge in [-0.25, -0.2) is 4.79 Å². The van der Waals surface area contributed by atoms with E-state index in [-0.39, 0.29) is 0 Å². The molecule has 0 amide bonds. The van der Waals surface area contributed by atoms with E-state index in [2.05, 4.69) is 4.98 Å². The molecule has 2 N–H and O–H groups in total. The third-order valence-corrected chi connectivity index (χ3v) is 2.79. The number of nitrogens with one attached hydrogen (secondary N) is 1. The topological polar surface area (TPSA) is 79.4 Å². The summed E-state index contributed by atoms with van der Waals surface area (Å²) in [6.45, 7) is 1.81. The molecular formula is C13H11NO4. The molecule has 92 valence electrons. The van der Waals surface area contributed by atoms with Crippen LogP contribution in [0.3, 0.4) is 0 Å². The van der Waals surface area contributed by atoms with Gasteiger partial charge in [0.25, 0.3) is 0 Å². The van der Waals surface area contributed by atoms with Crippen molar-refractivity contribution in [2.45, 2.75) is 13.0 Å². The number of aromatic nitrogens is 1. The van der Waals surface area contributed by atoms with Crippen LogP contribution in [0.2, 0.25) is 0 Å². The van der Waals surface area contributed by atoms with Crippen LogP contribution in [0.4, 0.5) is 0 Å². The number of fused-ring (bicyclic) bond motifs is 1. The van der Waals surface area contributed by atoms with Crippen LogP contribution in [0, 0.1) is 6.92 Å². The number of hydrogen-bond acceptors (Lipinski definition) is 4. The molecule has 3 rings (SSSR count). The highest BCUT2D eigenvalue weighted by Crippen LogP contribution is 2.25. The van der Waals surface area contributed by atoms with Crippen molar-refractivity contribution in [1.82, 2.24) is 4.98 Å². The zero-order valence-electron chi connectivity index (χ0n) is 9.64. The Morgan fingerprint density at radius 1 is 1.22 bits per heavy atom. The Labute approximate surface area is 102 Å². The van der Waals surface area contributed by atoms with Gasteiger partial charge in [-0.05, 0) is 36.8 Å². The second-order valence-corrected chi connectivity index (χ2v) is 4.12. The molecule has 0 aliphatic rings. The van der Waals surface area contributed by atoms with Gasteiger partial charge in [-0.2, -0.15) is 0 Å². The maximum absolute atomic E-state index is 11.0. The number of benzene rings is 1. The largest absolute Gasteiger partial charge is 0.463 e. The molecule has 1 atom stereocenters. The third-order valence-electron chi connectivity index (χ3n) is 2.79. The van der Waals surface area contributed by atoms with E-state index in [1.807, 2.05) is 6.92 Å². The van der Waals surface area contributed by atoms with Crippen LogP contribution in [-0.4, -0.2) is 10.1 Å². The van der Waals surface area contributed by atoms with Gasteiger partial charge in [0.05, 0.1) is 5.52 Å². The van der Waals surface area contributed by atoms with Crippen molar-refractivity contribution in [2.24, 2.45) is 0 Å². The predicted molar refractivity (Wildman–Crippen MR) is 64.3 cm³/mol. The summed E-state index contributed by atoms with van der Waals surface area (Å²) in [5.41, 5.74) is 1.63. The lowest BCUT2D eigenvalue weighted by molar-refractivity contribution is 0.187. The fourth-order valence-electron chi connectivity index (χ4n) is 1.90. The van der Waals surface area contributed by atoms with Crippen LogP contribution in [0.5, 0.6) is 0 Å². The zero-order chi connectivity index (χ0) is 12.7. The molecule has 0 bridgehead atoms. The lowest BCUT2D eigenvalue weighted by Gasteiger charge is -2.07. The molecule has 2 heterocycles. The van der Waals surface area contributed by atoms with Crippen LogP contribution >= 0.6 is 0 Å². The number of oxazole rings is 1. The Bertz CT molecular complexity index is 750. The first-order chi connectivity index (χ1) is 8.63. The van der Waals surface area contributed by atoms with E-state index in [9.17, 15) is 9.90 Å². The highest BCUT2D eigenvalue weighted by atomic mass is 16.4. The maximum atomic E-state index is 11.0. The van der Waals surface area contributed by atoms with Crippen LogP contribution in [0.15, 0.2) is 44.0 Å². The molecule has 0 radical (unpaired) electrons. The molecule has 1 unspecified atom stereocenters. The zero-order valence-corrected chi connectivity index (χ0v) is 9.64. The molecular weight excluding hydrogens is 234 g/mol. The van der Waals surface area contributed by atoms with Gasteiger partial charge < -0.3 is 13.9 Å². The Morgan fingerprint density at radius 3 is 2.78 bits per heavy atom. The standard InChI is InChI=1S/C13H11NO4/c1-7-2-5-10(17-7)12(15)8-3-4-9-11(6-8)18-13(16)14-9/h2-6,12,15H,1H3,(H,14,16). The van der Waals surface area contributed by atoms with Crippen molar-refractivity contribution in [1.29, 1.82) is 0 Å². The quantitative estimate of drug-likeness (QED) is 0.724. The minimum atomic E-state index is -0.872. The van der Waals surface area contributed by atoms with Crippen molar-refractivity contribution in [3.63, 3.8) is 0 Å². The molecule has 1 aromatic carbocycles. The second-order valence-electron chi connectivity index (χ2n) is 4.12. The minimum absolute atomic E-state index is 0.417. The Hall–Kier alpha value is -2.27. The molecule has 0 aliphatic heterocycles. The summed E-state index contributed by atoms with van der Waals surface area (Å²) in [5, 5.41) is 10.1. The Kier molecular flexibility index (Phi) is 2.34. The van der Waals surface area contributed by atoms with E-state index < -0.39 is 11.9 Å². The highest BCUT2D eigenvalue weighted by molar-refractivity contribution is 5.73. The number of hydrogen-bond donors (Lipinski definition) is 2. The van der Waals surface area contributed by atoms with Crippen molar-refractivity contribution < 1.29 is 13.9 Å². The van der Waals surface area contributed by atoms with Crippen molar-refractivity contribution in [3.8, 4) is 0 Å². The third kappa shape index (κ3) is 1.74. The van der Waals surface area contributed by atoms with E-state index >= 15 is 0 Å². The number of aryl methyl sites for hydroxylation is 1. The number of furan rings is 1. The van der Waals surface area contributed by atoms with Gasteiger partial charge in [-0.15, -0.1) is 0 Å². The molecule has 5 heteroatoms. The molecule has 0 aliphatic carbocycles. The summed E-state index contributed by atoms with van der Waals surface area (Å²) < 4.78 is 10.3. The fourth-order valence-corrected chi connectivity index (χ4v) is 1.90. The molecule has 0 fully saturated rings. The van der Waals surface area contributed by atoms with Crippen LogP contribution in [0.25, 0.3) is 11.1 Å². The van der Waals surface area contributed by atoms with Gasteiger partial charge in [-0.3, -0.25) is 4.98 Å². The van der Waals surface area contributed by atoms with Crippen molar-refractivity contribution >= 4 is 11.1 Å². The molecule has 3 aromatic rings. The van der Waals surface area contributed by atoms with E-state index in [0.29, 0.717) is 22.4 Å². The van der Waals surface area contributed by atoms with E-state index in [1.54, 1.807) is 30.3 Å². The monoisotopic (exact) mass is 245 g/mol. The lowest BCUT2D eigenvalue weighted by Crippen LogP contribution is -1.97. The molecule has 0 saturated heterocycles. The van der Waals surface area contributed by atoms with E-state index in [0.717, 1.165) is 5.76 Å². The molecule has 0 saturated carbocycles. The summed E-state index contributed by atoms with van der Waals surface area (Å²) in [7, 11) is 0. The van der Waals surface area contributed by atoms with E-state index in [1.165, 1.54) is 0 Å². The van der Waals surface area contributed by atoms with Gasteiger partial charge in [0, 0.05) is 0 Å². The molecule has 5 nitrogen and oxygen atoms in total. The van der Waals surface area contributed by atoms with Crippen molar-refractivity contribution in [3.05, 3.63) is 58.0 Å². The second kappa shape index (κ2) is 3.89. The van der Waals surface area contributed by atoms with Gasteiger partial charge in [-0.1, -0.05) is 6.07 Å². The van der Waals surface area contributed by atoms with Crippen LogP contribution < -0.4 is 5.76 Å². The summed E-state index contributed by atoms with van der Waals surface area (Å²) in [5.74, 6) is 0.688. The number of aliphatic hydroxyl groups is 1. The van der Waals surface area contributed by atoms with Crippen LogP contribution in [-0.2, 0) is 0 Å². The van der Waals surface area contributed by atoms with Gasteiger partial charge in [0.15, 0.2) is 5.58 Å². The smallest absolute Gasteiger partial charge is 0.417 e. The number of rotatable bonds is 2. The summed E-state index contributed by atoms with van der Waals surface area (Å²) in [6.07, 6.45) is -0.872. The average molecular weight is 245 g/mol. The summed E-state index contributed by atoms with van der Waals surface area (Å²) >= 11 is 0. The first-order valence-electron chi connectivity index (χ1n) is 5.50.